The normalized spacial score (nSPS) is 11.7. The number of amides is 1. The van der Waals surface area contributed by atoms with Gasteiger partial charge in [0.2, 0.25) is 17.6 Å². The number of aromatic nitrogens is 2. The van der Waals surface area contributed by atoms with Gasteiger partial charge in [0.1, 0.15) is 6.04 Å². The molecular formula is C17H20ClN3O6. The number of carboxylic acid groups (broad SMARTS) is 1. The van der Waals surface area contributed by atoms with E-state index in [0.29, 0.717) is 22.1 Å². The van der Waals surface area contributed by atoms with Gasteiger partial charge in [-0.15, -0.1) is 0 Å². The van der Waals surface area contributed by atoms with Gasteiger partial charge in [0.05, 0.1) is 19.2 Å². The molecule has 27 heavy (non-hydrogen) atoms. The predicted octanol–water partition coefficient (Wildman–Crippen LogP) is 2.27. The number of carbonyl (C=O) groups excluding carboxylic acids is 1. The van der Waals surface area contributed by atoms with Crippen LogP contribution in [0.25, 0.3) is 11.4 Å². The summed E-state index contributed by atoms with van der Waals surface area (Å²) >= 11 is 6.17. The van der Waals surface area contributed by atoms with Crippen molar-refractivity contribution in [3.8, 4) is 22.9 Å². The molecule has 0 saturated carbocycles. The Balaban J connectivity index is 2.10. The van der Waals surface area contributed by atoms with Gasteiger partial charge in [-0.2, -0.15) is 4.98 Å². The van der Waals surface area contributed by atoms with E-state index in [-0.39, 0.29) is 30.5 Å². The van der Waals surface area contributed by atoms with E-state index < -0.39 is 12.0 Å². The molecule has 1 heterocycles. The molecule has 0 fully saturated rings. The molecule has 1 aromatic heterocycles. The monoisotopic (exact) mass is 397 g/mol. The van der Waals surface area contributed by atoms with Crippen LogP contribution < -0.4 is 9.47 Å². The van der Waals surface area contributed by atoms with Gasteiger partial charge < -0.3 is 24.0 Å². The number of halogens is 1. The number of hydrogen-bond acceptors (Lipinski definition) is 7. The zero-order chi connectivity index (χ0) is 20.1. The van der Waals surface area contributed by atoms with Gasteiger partial charge in [-0.25, -0.2) is 4.79 Å². The van der Waals surface area contributed by atoms with Crippen molar-refractivity contribution >= 4 is 23.5 Å². The summed E-state index contributed by atoms with van der Waals surface area (Å²) in [5, 5.41) is 13.2. The first kappa shape index (κ1) is 20.5. The number of rotatable bonds is 8. The molecule has 0 radical (unpaired) electrons. The number of ether oxygens (including phenoxy) is 2. The number of carbonyl (C=O) groups is 2. The van der Waals surface area contributed by atoms with Crippen LogP contribution in [0.3, 0.4) is 0 Å². The zero-order valence-corrected chi connectivity index (χ0v) is 16.1. The largest absolute Gasteiger partial charge is 0.493 e. The van der Waals surface area contributed by atoms with Crippen LogP contribution in [0.2, 0.25) is 5.02 Å². The summed E-state index contributed by atoms with van der Waals surface area (Å²) in [6.45, 7) is 1.44. The van der Waals surface area contributed by atoms with E-state index >= 15 is 0 Å². The average Bonchev–Trinajstić information content (AvgIpc) is 3.12. The maximum Gasteiger partial charge on any atom is 0.326 e. The molecule has 0 aliphatic rings. The summed E-state index contributed by atoms with van der Waals surface area (Å²) in [5.74, 6) is -0.0538. The smallest absolute Gasteiger partial charge is 0.326 e. The highest BCUT2D eigenvalue weighted by Gasteiger charge is 2.22. The van der Waals surface area contributed by atoms with E-state index in [4.69, 9.17) is 30.7 Å². The second kappa shape index (κ2) is 8.72. The second-order valence-corrected chi connectivity index (χ2v) is 6.13. The number of methoxy groups -OCH3 is 2. The van der Waals surface area contributed by atoms with Crippen molar-refractivity contribution in [1.82, 2.24) is 15.0 Å². The molecule has 9 nitrogen and oxygen atoms in total. The molecule has 1 N–H and O–H groups in total. The molecule has 1 unspecified atom stereocenters. The van der Waals surface area contributed by atoms with Crippen molar-refractivity contribution in [2.75, 3.05) is 21.3 Å². The summed E-state index contributed by atoms with van der Waals surface area (Å²) in [4.78, 5) is 28.4. The van der Waals surface area contributed by atoms with Crippen LogP contribution >= 0.6 is 11.6 Å². The molecule has 2 rings (SSSR count). The Labute approximate surface area is 160 Å². The minimum Gasteiger partial charge on any atom is -0.493 e. The van der Waals surface area contributed by atoms with Crippen LogP contribution in [0, 0.1) is 0 Å². The van der Waals surface area contributed by atoms with Crippen molar-refractivity contribution in [3.05, 3.63) is 23.0 Å². The average molecular weight is 398 g/mol. The summed E-state index contributed by atoms with van der Waals surface area (Å²) in [7, 11) is 4.40. The lowest BCUT2D eigenvalue weighted by atomic mass is 10.2. The fourth-order valence-corrected chi connectivity index (χ4v) is 2.58. The Morgan fingerprint density at radius 2 is 2.04 bits per heavy atom. The molecule has 1 atom stereocenters. The molecule has 0 saturated heterocycles. The van der Waals surface area contributed by atoms with E-state index in [0.717, 1.165) is 4.90 Å². The molecule has 0 spiro atoms. The van der Waals surface area contributed by atoms with Crippen LogP contribution in [0.15, 0.2) is 16.7 Å². The molecule has 2 aromatic rings. The fourth-order valence-electron chi connectivity index (χ4n) is 2.29. The van der Waals surface area contributed by atoms with Crippen molar-refractivity contribution in [2.45, 2.75) is 25.8 Å². The Bertz CT molecular complexity index is 838. The van der Waals surface area contributed by atoms with Gasteiger partial charge in [0, 0.05) is 25.5 Å². The van der Waals surface area contributed by atoms with Gasteiger partial charge in [-0.3, -0.25) is 4.79 Å². The topological polar surface area (TPSA) is 115 Å². The molecule has 146 valence electrons. The van der Waals surface area contributed by atoms with Crippen molar-refractivity contribution in [2.24, 2.45) is 0 Å². The van der Waals surface area contributed by atoms with Crippen LogP contribution in [0.1, 0.15) is 19.2 Å². The van der Waals surface area contributed by atoms with Gasteiger partial charge in [0.25, 0.3) is 0 Å². The maximum absolute atomic E-state index is 12.1. The number of aliphatic carboxylic acids is 1. The quantitative estimate of drug-likeness (QED) is 0.721. The first-order valence-corrected chi connectivity index (χ1v) is 8.39. The Morgan fingerprint density at radius 1 is 1.33 bits per heavy atom. The summed E-state index contributed by atoms with van der Waals surface area (Å²) in [5.41, 5.74) is 0.565. The Morgan fingerprint density at radius 3 is 2.63 bits per heavy atom. The van der Waals surface area contributed by atoms with Gasteiger partial charge in [-0.1, -0.05) is 16.8 Å². The first-order valence-electron chi connectivity index (χ1n) is 8.01. The highest BCUT2D eigenvalue weighted by Crippen LogP contribution is 2.38. The van der Waals surface area contributed by atoms with Crippen LogP contribution in [0.4, 0.5) is 0 Å². The van der Waals surface area contributed by atoms with Crippen molar-refractivity contribution in [1.29, 1.82) is 0 Å². The highest BCUT2D eigenvalue weighted by atomic mass is 35.5. The number of aryl methyl sites for hydroxylation is 1. The molecule has 0 aliphatic carbocycles. The van der Waals surface area contributed by atoms with Crippen LogP contribution in [-0.4, -0.2) is 59.3 Å². The van der Waals surface area contributed by atoms with Crippen molar-refractivity contribution < 1.29 is 28.7 Å². The van der Waals surface area contributed by atoms with E-state index in [1.54, 1.807) is 12.1 Å². The summed E-state index contributed by atoms with van der Waals surface area (Å²) < 4.78 is 15.6. The summed E-state index contributed by atoms with van der Waals surface area (Å²) in [6, 6.07) is 2.36. The lowest BCUT2D eigenvalue weighted by Gasteiger charge is -2.20. The maximum atomic E-state index is 12.1. The van der Waals surface area contributed by atoms with E-state index in [9.17, 15) is 9.59 Å². The lowest BCUT2D eigenvalue weighted by Crippen LogP contribution is -2.40. The molecule has 1 aromatic carbocycles. The molecule has 0 aliphatic heterocycles. The molecule has 0 bridgehead atoms. The third-order valence-corrected chi connectivity index (χ3v) is 4.33. The van der Waals surface area contributed by atoms with Crippen LogP contribution in [-0.2, 0) is 16.0 Å². The number of nitrogens with zero attached hydrogens (tertiary/aromatic N) is 3. The first-order chi connectivity index (χ1) is 12.8. The SMILES string of the molecule is COc1cc(-c2noc(CCC(=O)N(C)C(C)C(=O)O)n2)cc(Cl)c1OC. The van der Waals surface area contributed by atoms with E-state index in [1.807, 2.05) is 0 Å². The van der Waals surface area contributed by atoms with Gasteiger partial charge in [0.15, 0.2) is 11.5 Å². The third kappa shape index (κ3) is 4.68. The molecular weight excluding hydrogens is 378 g/mol. The van der Waals surface area contributed by atoms with Gasteiger partial charge >= 0.3 is 5.97 Å². The lowest BCUT2D eigenvalue weighted by molar-refractivity contribution is -0.148. The van der Waals surface area contributed by atoms with E-state index in [1.165, 1.54) is 28.2 Å². The zero-order valence-electron chi connectivity index (χ0n) is 15.4. The van der Waals surface area contributed by atoms with E-state index in [2.05, 4.69) is 10.1 Å². The molecule has 10 heteroatoms. The standard InChI is InChI=1S/C17H20ClN3O6/c1-9(17(23)24)21(2)14(22)6-5-13-19-16(20-27-13)10-7-11(18)15(26-4)12(8-10)25-3/h7-9H,5-6H2,1-4H3,(H,23,24). The number of carboxylic acids is 1. The van der Waals surface area contributed by atoms with Gasteiger partial charge in [-0.05, 0) is 19.1 Å². The molecule has 1 amide bonds. The van der Waals surface area contributed by atoms with Crippen molar-refractivity contribution in [3.63, 3.8) is 0 Å². The number of likely N-dealkylation sites (N-methyl/N-ethyl adjacent to an activating group) is 1. The second-order valence-electron chi connectivity index (χ2n) is 5.72. The predicted molar refractivity (Wildman–Crippen MR) is 96.0 cm³/mol. The number of benzene rings is 1. The third-order valence-electron chi connectivity index (χ3n) is 4.04. The van der Waals surface area contributed by atoms with Crippen LogP contribution in [0.5, 0.6) is 11.5 Å². The Hall–Kier alpha value is -2.81. The highest BCUT2D eigenvalue weighted by molar-refractivity contribution is 6.32. The fraction of sp³-hybridized carbons (Fsp3) is 0.412. The Kier molecular flexibility index (Phi) is 6.62. The minimum absolute atomic E-state index is 0.0441. The number of hydrogen-bond donors (Lipinski definition) is 1. The minimum atomic E-state index is -1.07. The summed E-state index contributed by atoms with van der Waals surface area (Å²) in [6.07, 6.45) is 0.228.